The molecule has 0 aliphatic carbocycles. The standard InChI is InChI=1S/C11H15NO4/c13-4-2-1-3-5-16-11(15)10-6-9(8-14)7-12-10/h6-8,12-13H,1-5H2. The Bertz CT molecular complexity index is 346. The summed E-state index contributed by atoms with van der Waals surface area (Å²) in [6, 6.07) is 1.45. The molecule has 1 aromatic rings. The fraction of sp³-hybridized carbons (Fsp3) is 0.455. The Kier molecular flexibility index (Phi) is 5.28. The van der Waals surface area contributed by atoms with Gasteiger partial charge in [-0.3, -0.25) is 4.79 Å². The summed E-state index contributed by atoms with van der Waals surface area (Å²) in [5.74, 6) is -0.461. The molecule has 0 atom stereocenters. The van der Waals surface area contributed by atoms with E-state index < -0.39 is 5.97 Å². The Hall–Kier alpha value is -1.62. The van der Waals surface area contributed by atoms with Crippen molar-refractivity contribution in [2.24, 2.45) is 0 Å². The summed E-state index contributed by atoms with van der Waals surface area (Å²) < 4.78 is 4.96. The highest BCUT2D eigenvalue weighted by Crippen LogP contribution is 2.04. The second kappa shape index (κ2) is 6.79. The Morgan fingerprint density at radius 1 is 1.44 bits per heavy atom. The third-order valence-corrected chi connectivity index (χ3v) is 2.10. The van der Waals surface area contributed by atoms with Crippen LogP contribution in [0.1, 0.15) is 40.1 Å². The average Bonchev–Trinajstić information content (AvgIpc) is 2.77. The number of rotatable bonds is 7. The molecule has 88 valence electrons. The van der Waals surface area contributed by atoms with E-state index in [1.165, 1.54) is 12.3 Å². The van der Waals surface area contributed by atoms with E-state index in [1.807, 2.05) is 0 Å². The number of hydrogen-bond donors (Lipinski definition) is 2. The molecule has 2 N–H and O–H groups in total. The first kappa shape index (κ1) is 12.4. The molecule has 0 aliphatic rings. The van der Waals surface area contributed by atoms with Crippen LogP contribution in [0.4, 0.5) is 0 Å². The van der Waals surface area contributed by atoms with Gasteiger partial charge in [-0.2, -0.15) is 0 Å². The van der Waals surface area contributed by atoms with Gasteiger partial charge in [0.2, 0.25) is 0 Å². The second-order valence-electron chi connectivity index (χ2n) is 3.38. The first-order chi connectivity index (χ1) is 7.77. The number of carbonyl (C=O) groups is 2. The highest BCUT2D eigenvalue weighted by Gasteiger charge is 2.09. The number of hydrogen-bond acceptors (Lipinski definition) is 4. The Labute approximate surface area is 93.4 Å². The van der Waals surface area contributed by atoms with Crippen LogP contribution in [0.25, 0.3) is 0 Å². The summed E-state index contributed by atoms with van der Waals surface area (Å²) in [5.41, 5.74) is 0.705. The third kappa shape index (κ3) is 3.86. The lowest BCUT2D eigenvalue weighted by Gasteiger charge is -2.02. The van der Waals surface area contributed by atoms with Gasteiger partial charge in [-0.15, -0.1) is 0 Å². The molecule has 0 fully saturated rings. The molecule has 0 aliphatic heterocycles. The van der Waals surface area contributed by atoms with Crippen molar-refractivity contribution in [2.45, 2.75) is 19.3 Å². The van der Waals surface area contributed by atoms with Gasteiger partial charge in [0.1, 0.15) is 5.69 Å². The van der Waals surface area contributed by atoms with Gasteiger partial charge in [0.05, 0.1) is 6.61 Å². The SMILES string of the molecule is O=Cc1c[nH]c(C(=O)OCCCCCO)c1. The summed E-state index contributed by atoms with van der Waals surface area (Å²) >= 11 is 0. The van der Waals surface area contributed by atoms with Crippen molar-refractivity contribution in [3.63, 3.8) is 0 Å². The number of H-pyrrole nitrogens is 1. The molecule has 0 radical (unpaired) electrons. The minimum Gasteiger partial charge on any atom is -0.461 e. The van der Waals surface area contributed by atoms with E-state index in [4.69, 9.17) is 9.84 Å². The molecule has 1 rings (SSSR count). The molecule has 0 saturated carbocycles. The molecule has 1 aromatic heterocycles. The number of aromatic amines is 1. The number of aldehydes is 1. The van der Waals surface area contributed by atoms with Gasteiger partial charge in [-0.1, -0.05) is 0 Å². The predicted molar refractivity (Wildman–Crippen MR) is 57.4 cm³/mol. The summed E-state index contributed by atoms with van der Waals surface area (Å²) in [7, 11) is 0. The van der Waals surface area contributed by atoms with Gasteiger partial charge < -0.3 is 14.8 Å². The van der Waals surface area contributed by atoms with Crippen molar-refractivity contribution >= 4 is 12.3 Å². The molecule has 0 unspecified atom stereocenters. The van der Waals surface area contributed by atoms with Gasteiger partial charge in [0.25, 0.3) is 0 Å². The highest BCUT2D eigenvalue weighted by molar-refractivity contribution is 5.90. The quantitative estimate of drug-likeness (QED) is 0.414. The van der Waals surface area contributed by atoms with E-state index in [2.05, 4.69) is 4.98 Å². The van der Waals surface area contributed by atoms with Crippen molar-refractivity contribution in [1.82, 2.24) is 4.98 Å². The van der Waals surface area contributed by atoms with E-state index >= 15 is 0 Å². The Morgan fingerprint density at radius 2 is 2.25 bits per heavy atom. The predicted octanol–water partition coefficient (Wildman–Crippen LogP) is 1.15. The van der Waals surface area contributed by atoms with Crippen LogP contribution in [0.3, 0.4) is 0 Å². The highest BCUT2D eigenvalue weighted by atomic mass is 16.5. The van der Waals surface area contributed by atoms with E-state index in [1.54, 1.807) is 0 Å². The minimum absolute atomic E-state index is 0.160. The number of aliphatic hydroxyl groups is 1. The van der Waals surface area contributed by atoms with Gasteiger partial charge in [0, 0.05) is 18.4 Å². The summed E-state index contributed by atoms with van der Waals surface area (Å²) in [5, 5.41) is 8.54. The van der Waals surface area contributed by atoms with Crippen molar-refractivity contribution in [3.05, 3.63) is 23.5 Å². The molecule has 5 nitrogen and oxygen atoms in total. The maximum atomic E-state index is 11.4. The second-order valence-corrected chi connectivity index (χ2v) is 3.38. The Balaban J connectivity index is 2.27. The normalized spacial score (nSPS) is 10.1. The lowest BCUT2D eigenvalue weighted by molar-refractivity contribution is 0.0490. The van der Waals surface area contributed by atoms with E-state index in [0.29, 0.717) is 18.5 Å². The van der Waals surface area contributed by atoms with Crippen LogP contribution in [0.5, 0.6) is 0 Å². The fourth-order valence-corrected chi connectivity index (χ4v) is 1.23. The minimum atomic E-state index is -0.461. The van der Waals surface area contributed by atoms with Gasteiger partial charge >= 0.3 is 5.97 Å². The number of carbonyl (C=O) groups excluding carboxylic acids is 2. The number of ether oxygens (including phenoxy) is 1. The van der Waals surface area contributed by atoms with Crippen LogP contribution in [0.2, 0.25) is 0 Å². The number of nitrogens with one attached hydrogen (secondary N) is 1. The molecule has 5 heteroatoms. The molecule has 0 spiro atoms. The van der Waals surface area contributed by atoms with Crippen molar-refractivity contribution in [2.75, 3.05) is 13.2 Å². The molecule has 1 heterocycles. The lowest BCUT2D eigenvalue weighted by atomic mass is 10.2. The molecular weight excluding hydrogens is 210 g/mol. The van der Waals surface area contributed by atoms with E-state index in [-0.39, 0.29) is 12.3 Å². The monoisotopic (exact) mass is 225 g/mol. The lowest BCUT2D eigenvalue weighted by Crippen LogP contribution is -2.06. The van der Waals surface area contributed by atoms with Crippen molar-refractivity contribution in [1.29, 1.82) is 0 Å². The molecule has 0 bridgehead atoms. The van der Waals surface area contributed by atoms with Gasteiger partial charge in [0.15, 0.2) is 6.29 Å². The molecular formula is C11H15NO4. The van der Waals surface area contributed by atoms with Crippen LogP contribution < -0.4 is 0 Å². The Morgan fingerprint density at radius 3 is 2.88 bits per heavy atom. The fourth-order valence-electron chi connectivity index (χ4n) is 1.23. The smallest absolute Gasteiger partial charge is 0.354 e. The van der Waals surface area contributed by atoms with Crippen molar-refractivity contribution in [3.8, 4) is 0 Å². The maximum absolute atomic E-state index is 11.4. The number of aromatic nitrogens is 1. The zero-order chi connectivity index (χ0) is 11.8. The molecule has 16 heavy (non-hydrogen) atoms. The van der Waals surface area contributed by atoms with E-state index in [9.17, 15) is 9.59 Å². The van der Waals surface area contributed by atoms with Crippen LogP contribution in [-0.2, 0) is 4.74 Å². The zero-order valence-electron chi connectivity index (χ0n) is 8.94. The first-order valence-electron chi connectivity index (χ1n) is 5.19. The molecule has 0 saturated heterocycles. The maximum Gasteiger partial charge on any atom is 0.354 e. The van der Waals surface area contributed by atoms with Crippen LogP contribution in [0, 0.1) is 0 Å². The molecule has 0 aromatic carbocycles. The largest absolute Gasteiger partial charge is 0.461 e. The number of esters is 1. The van der Waals surface area contributed by atoms with Crippen molar-refractivity contribution < 1.29 is 19.4 Å². The summed E-state index contributed by atoms with van der Waals surface area (Å²) in [6.45, 7) is 0.488. The summed E-state index contributed by atoms with van der Waals surface area (Å²) in [6.07, 6.45) is 4.39. The first-order valence-corrected chi connectivity index (χ1v) is 5.19. The summed E-state index contributed by atoms with van der Waals surface area (Å²) in [4.78, 5) is 24.4. The zero-order valence-corrected chi connectivity index (χ0v) is 8.94. The van der Waals surface area contributed by atoms with Crippen LogP contribution in [0.15, 0.2) is 12.3 Å². The van der Waals surface area contributed by atoms with Gasteiger partial charge in [-0.25, -0.2) is 4.79 Å². The van der Waals surface area contributed by atoms with E-state index in [0.717, 1.165) is 19.3 Å². The topological polar surface area (TPSA) is 79.4 Å². The van der Waals surface area contributed by atoms with Crippen LogP contribution in [-0.4, -0.2) is 35.6 Å². The van der Waals surface area contributed by atoms with Crippen LogP contribution >= 0.6 is 0 Å². The number of aliphatic hydroxyl groups excluding tert-OH is 1. The average molecular weight is 225 g/mol. The third-order valence-electron chi connectivity index (χ3n) is 2.10. The molecule has 0 amide bonds. The van der Waals surface area contributed by atoms with Gasteiger partial charge in [-0.05, 0) is 25.3 Å². The number of unbranched alkanes of at least 4 members (excludes halogenated alkanes) is 2.